The molecule has 106 valence electrons. The first-order chi connectivity index (χ1) is 9.38. The Balaban J connectivity index is 1.46. The quantitative estimate of drug-likeness (QED) is 0.777. The van der Waals surface area contributed by atoms with Crippen molar-refractivity contribution in [3.05, 3.63) is 0 Å². The number of nitrogens with one attached hydrogen (secondary N) is 1. The molecule has 19 heavy (non-hydrogen) atoms. The van der Waals surface area contributed by atoms with Gasteiger partial charge in [-0.1, -0.05) is 25.1 Å². The molecular weight excluding hydrogens is 258 g/mol. The molecule has 2 aliphatic rings. The first-order valence-electron chi connectivity index (χ1n) is 7.52. The van der Waals surface area contributed by atoms with Gasteiger partial charge in [0, 0.05) is 11.8 Å². The monoisotopic (exact) mass is 281 g/mol. The summed E-state index contributed by atoms with van der Waals surface area (Å²) in [4.78, 5) is 0. The maximum absolute atomic E-state index is 4.15. The fourth-order valence-electron chi connectivity index (χ4n) is 3.04. The van der Waals surface area contributed by atoms with Crippen LogP contribution in [0.1, 0.15) is 51.5 Å². The maximum Gasteiger partial charge on any atom is 0.209 e. The highest BCUT2D eigenvalue weighted by Crippen LogP contribution is 2.37. The molecule has 2 aliphatic carbocycles. The summed E-state index contributed by atoms with van der Waals surface area (Å²) < 4.78 is 2.01. The lowest BCUT2D eigenvalue weighted by Gasteiger charge is -2.19. The minimum atomic E-state index is 0.582. The molecule has 2 fully saturated rings. The highest BCUT2D eigenvalue weighted by molar-refractivity contribution is 7.99. The van der Waals surface area contributed by atoms with Crippen molar-refractivity contribution >= 4 is 11.8 Å². The minimum Gasteiger partial charge on any atom is -0.314 e. The summed E-state index contributed by atoms with van der Waals surface area (Å²) in [5.74, 6) is 1.98. The second-order valence-corrected chi connectivity index (χ2v) is 6.69. The number of nitrogens with zero attached hydrogens (tertiary/aromatic N) is 4. The summed E-state index contributed by atoms with van der Waals surface area (Å²) in [5.41, 5.74) is 0. The Morgan fingerprint density at radius 2 is 2.21 bits per heavy atom. The van der Waals surface area contributed by atoms with E-state index in [9.17, 15) is 0 Å². The van der Waals surface area contributed by atoms with Gasteiger partial charge in [0.25, 0.3) is 0 Å². The van der Waals surface area contributed by atoms with E-state index in [4.69, 9.17) is 0 Å². The summed E-state index contributed by atoms with van der Waals surface area (Å²) in [6.07, 6.45) is 7.87. The van der Waals surface area contributed by atoms with Crippen LogP contribution in [0.15, 0.2) is 5.16 Å². The molecule has 6 heteroatoms. The Hall–Kier alpha value is -0.620. The van der Waals surface area contributed by atoms with Gasteiger partial charge in [-0.3, -0.25) is 0 Å². The molecule has 2 atom stereocenters. The molecule has 0 bridgehead atoms. The van der Waals surface area contributed by atoms with Crippen LogP contribution in [0.5, 0.6) is 0 Å². The van der Waals surface area contributed by atoms with Crippen molar-refractivity contribution < 1.29 is 0 Å². The average molecular weight is 281 g/mol. The molecule has 0 amide bonds. The first-order valence-corrected chi connectivity index (χ1v) is 8.51. The molecule has 0 aliphatic heterocycles. The van der Waals surface area contributed by atoms with Crippen molar-refractivity contribution in [3.8, 4) is 0 Å². The Labute approximate surface area is 118 Å². The minimum absolute atomic E-state index is 0.582. The first kappa shape index (κ1) is 13.4. The van der Waals surface area contributed by atoms with Crippen LogP contribution in [0.3, 0.4) is 0 Å². The largest absolute Gasteiger partial charge is 0.314 e. The van der Waals surface area contributed by atoms with Gasteiger partial charge in [0.05, 0.1) is 6.04 Å². The van der Waals surface area contributed by atoms with Crippen LogP contribution in [0.25, 0.3) is 0 Å². The molecule has 0 radical (unpaired) electrons. The number of rotatable bonds is 7. The Morgan fingerprint density at radius 3 is 3.00 bits per heavy atom. The third kappa shape index (κ3) is 3.28. The van der Waals surface area contributed by atoms with Gasteiger partial charge in [-0.25, -0.2) is 4.68 Å². The number of hydrogen-bond acceptors (Lipinski definition) is 5. The smallest absolute Gasteiger partial charge is 0.209 e. The molecule has 1 N–H and O–H groups in total. The van der Waals surface area contributed by atoms with Crippen molar-refractivity contribution in [3.63, 3.8) is 0 Å². The molecule has 2 unspecified atom stereocenters. The lowest BCUT2D eigenvalue weighted by molar-refractivity contribution is 0.400. The zero-order valence-corrected chi connectivity index (χ0v) is 12.4. The van der Waals surface area contributed by atoms with E-state index in [1.807, 2.05) is 16.4 Å². The molecule has 1 heterocycles. The summed E-state index contributed by atoms with van der Waals surface area (Å²) in [6, 6.07) is 1.32. The highest BCUT2D eigenvalue weighted by atomic mass is 32.2. The van der Waals surface area contributed by atoms with E-state index in [2.05, 4.69) is 27.8 Å². The standard InChI is InChI=1S/C13H23N5S/c1-2-14-12-5-3-4-10(12)8-9-19-13-15-16-17-18(13)11-6-7-11/h10-12,14H,2-9H2,1H3. The fourth-order valence-corrected chi connectivity index (χ4v) is 4.06. The molecule has 2 saturated carbocycles. The van der Waals surface area contributed by atoms with E-state index in [1.165, 1.54) is 38.5 Å². The van der Waals surface area contributed by atoms with Gasteiger partial charge in [-0.05, 0) is 55.0 Å². The van der Waals surface area contributed by atoms with Gasteiger partial charge in [-0.2, -0.15) is 0 Å². The van der Waals surface area contributed by atoms with E-state index in [-0.39, 0.29) is 0 Å². The zero-order valence-electron chi connectivity index (χ0n) is 11.6. The van der Waals surface area contributed by atoms with Gasteiger partial charge in [-0.15, -0.1) is 5.10 Å². The summed E-state index contributed by atoms with van der Waals surface area (Å²) in [6.45, 7) is 3.29. The molecule has 0 aromatic carbocycles. The number of tetrazole rings is 1. The maximum atomic E-state index is 4.15. The van der Waals surface area contributed by atoms with Crippen LogP contribution in [0.4, 0.5) is 0 Å². The number of aromatic nitrogens is 4. The predicted molar refractivity (Wildman–Crippen MR) is 76.2 cm³/mol. The van der Waals surface area contributed by atoms with Crippen LogP contribution < -0.4 is 5.32 Å². The molecule has 5 nitrogen and oxygen atoms in total. The lowest BCUT2D eigenvalue weighted by Crippen LogP contribution is -2.32. The predicted octanol–water partition coefficient (Wildman–Crippen LogP) is 2.27. The Morgan fingerprint density at radius 1 is 1.32 bits per heavy atom. The number of hydrogen-bond donors (Lipinski definition) is 1. The van der Waals surface area contributed by atoms with E-state index >= 15 is 0 Å². The Kier molecular flexibility index (Phi) is 4.38. The molecule has 3 rings (SSSR count). The third-order valence-electron chi connectivity index (χ3n) is 4.20. The molecule has 1 aromatic heterocycles. The average Bonchev–Trinajstić information content (AvgIpc) is 2.99. The van der Waals surface area contributed by atoms with Crippen molar-refractivity contribution in [1.29, 1.82) is 0 Å². The summed E-state index contributed by atoms with van der Waals surface area (Å²) in [5, 5.41) is 16.7. The fraction of sp³-hybridized carbons (Fsp3) is 0.923. The molecule has 0 saturated heterocycles. The van der Waals surface area contributed by atoms with Crippen molar-refractivity contribution in [2.75, 3.05) is 12.3 Å². The second-order valence-electron chi connectivity index (χ2n) is 5.63. The Bertz CT molecular complexity index is 403. The lowest BCUT2D eigenvalue weighted by atomic mass is 10.0. The van der Waals surface area contributed by atoms with Crippen LogP contribution in [0, 0.1) is 5.92 Å². The van der Waals surface area contributed by atoms with Gasteiger partial charge < -0.3 is 5.32 Å². The van der Waals surface area contributed by atoms with Crippen LogP contribution in [-0.4, -0.2) is 38.5 Å². The van der Waals surface area contributed by atoms with Crippen LogP contribution in [0.2, 0.25) is 0 Å². The van der Waals surface area contributed by atoms with Crippen LogP contribution >= 0.6 is 11.8 Å². The SMILES string of the molecule is CCNC1CCCC1CCSc1nnnn1C1CC1. The summed E-state index contributed by atoms with van der Waals surface area (Å²) >= 11 is 1.83. The van der Waals surface area contributed by atoms with Gasteiger partial charge >= 0.3 is 0 Å². The summed E-state index contributed by atoms with van der Waals surface area (Å²) in [7, 11) is 0. The van der Waals surface area contributed by atoms with E-state index in [0.717, 1.165) is 29.4 Å². The topological polar surface area (TPSA) is 55.6 Å². The molecule has 1 aromatic rings. The van der Waals surface area contributed by atoms with Gasteiger partial charge in [0.2, 0.25) is 5.16 Å². The van der Waals surface area contributed by atoms with E-state index in [1.54, 1.807) is 0 Å². The van der Waals surface area contributed by atoms with E-state index < -0.39 is 0 Å². The number of thioether (sulfide) groups is 1. The second kappa shape index (κ2) is 6.22. The zero-order chi connectivity index (χ0) is 13.1. The van der Waals surface area contributed by atoms with E-state index in [0.29, 0.717) is 6.04 Å². The molecule has 0 spiro atoms. The van der Waals surface area contributed by atoms with Crippen molar-refractivity contribution in [2.24, 2.45) is 5.92 Å². The van der Waals surface area contributed by atoms with Crippen molar-refractivity contribution in [2.45, 2.75) is 62.7 Å². The highest BCUT2D eigenvalue weighted by Gasteiger charge is 2.29. The van der Waals surface area contributed by atoms with Gasteiger partial charge in [0.15, 0.2) is 0 Å². The van der Waals surface area contributed by atoms with Crippen LogP contribution in [-0.2, 0) is 0 Å². The molecular formula is C13H23N5S. The van der Waals surface area contributed by atoms with Crippen molar-refractivity contribution in [1.82, 2.24) is 25.5 Å². The third-order valence-corrected chi connectivity index (χ3v) is 5.17. The normalized spacial score (nSPS) is 27.0. The van der Waals surface area contributed by atoms with Gasteiger partial charge in [0.1, 0.15) is 0 Å².